The summed E-state index contributed by atoms with van der Waals surface area (Å²) in [5, 5.41) is 10.9. The van der Waals surface area contributed by atoms with E-state index in [0.717, 1.165) is 16.9 Å². The lowest BCUT2D eigenvalue weighted by atomic mass is 10.3. The van der Waals surface area contributed by atoms with Crippen LogP contribution < -0.4 is 4.72 Å². The van der Waals surface area contributed by atoms with Crippen molar-refractivity contribution in [2.75, 3.05) is 0 Å². The largest absolute Gasteiger partial charge is 0.391 e. The maximum Gasteiger partial charge on any atom is 0.250 e. The Balaban J connectivity index is 2.14. The number of aliphatic hydroxyl groups is 1. The average Bonchev–Trinajstić information content (AvgIpc) is 2.95. The number of sulfonamides is 1. The summed E-state index contributed by atoms with van der Waals surface area (Å²) < 4.78 is 26.7. The van der Waals surface area contributed by atoms with Gasteiger partial charge >= 0.3 is 0 Å². The Labute approximate surface area is 113 Å². The maximum absolute atomic E-state index is 12.0. The molecule has 2 aromatic heterocycles. The first-order chi connectivity index (χ1) is 8.53. The maximum atomic E-state index is 12.0. The summed E-state index contributed by atoms with van der Waals surface area (Å²) in [5.41, 5.74) is 3.14. The minimum atomic E-state index is -3.53. The fourth-order valence-corrected chi connectivity index (χ4v) is 4.39. The molecule has 2 rings (SSSR count). The van der Waals surface area contributed by atoms with E-state index in [1.807, 2.05) is 0 Å². The van der Waals surface area contributed by atoms with Crippen LogP contribution >= 0.6 is 22.7 Å². The SMILES string of the molecule is Cc1cc(S(=O)(=O)NCc2cscn2)sc1CO. The predicted octanol–water partition coefficient (Wildman–Crippen LogP) is 1.48. The Kier molecular flexibility index (Phi) is 4.13. The lowest BCUT2D eigenvalue weighted by molar-refractivity contribution is 0.285. The summed E-state index contributed by atoms with van der Waals surface area (Å²) in [6.45, 7) is 1.82. The molecule has 18 heavy (non-hydrogen) atoms. The summed E-state index contributed by atoms with van der Waals surface area (Å²) in [6, 6.07) is 1.57. The lowest BCUT2D eigenvalue weighted by Gasteiger charge is -2.02. The Morgan fingerprint density at radius 2 is 2.28 bits per heavy atom. The Morgan fingerprint density at radius 3 is 2.83 bits per heavy atom. The number of rotatable bonds is 5. The van der Waals surface area contributed by atoms with Gasteiger partial charge in [-0.1, -0.05) is 0 Å². The van der Waals surface area contributed by atoms with Gasteiger partial charge in [0.15, 0.2) is 0 Å². The van der Waals surface area contributed by atoms with Crippen molar-refractivity contribution < 1.29 is 13.5 Å². The van der Waals surface area contributed by atoms with Crippen LogP contribution in [-0.2, 0) is 23.2 Å². The van der Waals surface area contributed by atoms with E-state index in [-0.39, 0.29) is 17.4 Å². The second-order valence-electron chi connectivity index (χ2n) is 3.63. The molecule has 0 aliphatic rings. The number of thiophene rings is 1. The normalized spacial score (nSPS) is 11.9. The van der Waals surface area contributed by atoms with Crippen LogP contribution in [0.1, 0.15) is 16.1 Å². The molecule has 98 valence electrons. The number of hydrogen-bond acceptors (Lipinski definition) is 6. The van der Waals surface area contributed by atoms with Crippen LogP contribution in [0.4, 0.5) is 0 Å². The highest BCUT2D eigenvalue weighted by molar-refractivity contribution is 7.91. The van der Waals surface area contributed by atoms with Crippen molar-refractivity contribution in [2.45, 2.75) is 24.3 Å². The summed E-state index contributed by atoms with van der Waals surface area (Å²) in [4.78, 5) is 4.68. The topological polar surface area (TPSA) is 79.3 Å². The molecule has 0 atom stereocenters. The monoisotopic (exact) mass is 304 g/mol. The summed E-state index contributed by atoms with van der Waals surface area (Å²) in [6.07, 6.45) is 0. The van der Waals surface area contributed by atoms with Crippen molar-refractivity contribution in [3.63, 3.8) is 0 Å². The second kappa shape index (κ2) is 5.45. The highest BCUT2D eigenvalue weighted by Gasteiger charge is 2.18. The van der Waals surface area contributed by atoms with Crippen LogP contribution in [0.3, 0.4) is 0 Å². The Morgan fingerprint density at radius 1 is 1.50 bits per heavy atom. The van der Waals surface area contributed by atoms with Gasteiger partial charge in [0, 0.05) is 10.3 Å². The fourth-order valence-electron chi connectivity index (χ4n) is 1.34. The van der Waals surface area contributed by atoms with Gasteiger partial charge in [-0.3, -0.25) is 0 Å². The molecule has 2 heterocycles. The molecule has 8 heteroatoms. The number of nitrogens with zero attached hydrogens (tertiary/aromatic N) is 1. The molecule has 0 aliphatic heterocycles. The summed E-state index contributed by atoms with van der Waals surface area (Å²) in [5.74, 6) is 0. The molecule has 0 radical (unpaired) electrons. The molecule has 5 nitrogen and oxygen atoms in total. The molecule has 0 aliphatic carbocycles. The van der Waals surface area contributed by atoms with E-state index in [2.05, 4.69) is 9.71 Å². The zero-order valence-corrected chi connectivity index (χ0v) is 12.0. The molecule has 0 aromatic carbocycles. The quantitative estimate of drug-likeness (QED) is 0.877. The van der Waals surface area contributed by atoms with E-state index in [0.29, 0.717) is 10.6 Å². The predicted molar refractivity (Wildman–Crippen MR) is 71.1 cm³/mol. The number of thiazole rings is 1. The first-order valence-electron chi connectivity index (χ1n) is 5.10. The van der Waals surface area contributed by atoms with Gasteiger partial charge in [0.2, 0.25) is 10.0 Å². The molecular formula is C10H12N2O3S3. The number of hydrogen-bond donors (Lipinski definition) is 2. The number of aryl methyl sites for hydroxylation is 1. The van der Waals surface area contributed by atoms with Gasteiger partial charge in [0.1, 0.15) is 4.21 Å². The average molecular weight is 304 g/mol. The smallest absolute Gasteiger partial charge is 0.250 e. The highest BCUT2D eigenvalue weighted by Crippen LogP contribution is 2.25. The molecule has 2 aromatic rings. The van der Waals surface area contributed by atoms with Crippen LogP contribution in [0.15, 0.2) is 21.2 Å². The molecule has 0 spiro atoms. The molecule has 0 unspecified atom stereocenters. The molecule has 0 bridgehead atoms. The number of aliphatic hydroxyl groups excluding tert-OH is 1. The van der Waals surface area contributed by atoms with Crippen molar-refractivity contribution in [1.29, 1.82) is 0 Å². The van der Waals surface area contributed by atoms with Crippen LogP contribution in [0.5, 0.6) is 0 Å². The highest BCUT2D eigenvalue weighted by atomic mass is 32.2. The van der Waals surface area contributed by atoms with Gasteiger partial charge < -0.3 is 5.11 Å². The fraction of sp³-hybridized carbons (Fsp3) is 0.300. The summed E-state index contributed by atoms with van der Waals surface area (Å²) in [7, 11) is -3.53. The minimum absolute atomic E-state index is 0.141. The van der Waals surface area contributed by atoms with Gasteiger partial charge in [-0.05, 0) is 18.6 Å². The Hall–Kier alpha value is -0.800. The zero-order chi connectivity index (χ0) is 13.2. The number of nitrogens with one attached hydrogen (secondary N) is 1. The molecular weight excluding hydrogens is 292 g/mol. The van der Waals surface area contributed by atoms with Gasteiger partial charge in [-0.2, -0.15) is 0 Å². The van der Waals surface area contributed by atoms with Gasteiger partial charge in [0.25, 0.3) is 0 Å². The molecule has 0 amide bonds. The molecule has 2 N–H and O–H groups in total. The summed E-state index contributed by atoms with van der Waals surface area (Å²) >= 11 is 2.51. The first kappa shape index (κ1) is 13.6. The van der Waals surface area contributed by atoms with Crippen molar-refractivity contribution in [1.82, 2.24) is 9.71 Å². The third kappa shape index (κ3) is 2.96. The van der Waals surface area contributed by atoms with E-state index >= 15 is 0 Å². The van der Waals surface area contributed by atoms with Crippen LogP contribution in [-0.4, -0.2) is 18.5 Å². The van der Waals surface area contributed by atoms with E-state index in [4.69, 9.17) is 5.11 Å². The van der Waals surface area contributed by atoms with Gasteiger partial charge in [-0.25, -0.2) is 18.1 Å². The van der Waals surface area contributed by atoms with Crippen LogP contribution in [0, 0.1) is 6.92 Å². The van der Waals surface area contributed by atoms with Crippen molar-refractivity contribution in [3.05, 3.63) is 33.1 Å². The second-order valence-corrected chi connectivity index (χ2v) is 7.48. The van der Waals surface area contributed by atoms with E-state index in [1.165, 1.54) is 11.3 Å². The van der Waals surface area contributed by atoms with Crippen molar-refractivity contribution >= 4 is 32.7 Å². The number of aromatic nitrogens is 1. The van der Waals surface area contributed by atoms with Gasteiger partial charge in [-0.15, -0.1) is 22.7 Å². The zero-order valence-electron chi connectivity index (χ0n) is 9.58. The minimum Gasteiger partial charge on any atom is -0.391 e. The third-order valence-electron chi connectivity index (χ3n) is 2.33. The van der Waals surface area contributed by atoms with Crippen LogP contribution in [0.25, 0.3) is 0 Å². The van der Waals surface area contributed by atoms with Crippen molar-refractivity contribution in [3.8, 4) is 0 Å². The van der Waals surface area contributed by atoms with E-state index in [9.17, 15) is 8.42 Å². The van der Waals surface area contributed by atoms with Gasteiger partial charge in [0.05, 0.1) is 24.4 Å². The Bertz CT molecular complexity index is 617. The standard InChI is InChI=1S/C10H12N2O3S3/c1-7-2-10(17-9(7)4-13)18(14,15)12-3-8-5-16-6-11-8/h2,5-6,12-13H,3-4H2,1H3. The van der Waals surface area contributed by atoms with E-state index < -0.39 is 10.0 Å². The lowest BCUT2D eigenvalue weighted by Crippen LogP contribution is -2.22. The molecule has 0 fully saturated rings. The molecule has 0 saturated carbocycles. The van der Waals surface area contributed by atoms with Crippen molar-refractivity contribution in [2.24, 2.45) is 0 Å². The molecule has 0 saturated heterocycles. The third-order valence-corrected chi connectivity index (χ3v) is 6.07. The van der Waals surface area contributed by atoms with E-state index in [1.54, 1.807) is 23.9 Å². The van der Waals surface area contributed by atoms with Crippen LogP contribution in [0.2, 0.25) is 0 Å². The first-order valence-corrected chi connectivity index (χ1v) is 8.34.